The standard InChI is InChI=1S/C48H79N7O9S/c1-15-32(8)43(54(12)48(60)41(30(4)5)51-47(59)42(31(6)7)53(10)11)39(63-13)28-40(56)55(17-3)38(16-2)44(64-14)33(9)45(57)50-37(27-34-21-19-18-20-22-34)46(58)52-65(61,62)29-35-23-25-36(49)26-24-35/h18-26,30-33,37-39,41-44H,15-17,27-29,49H2,1-14H3,(H,50,57)(H,51,59)(H,52,58)/t32-,33+,37-,38-,39+,41-,42-,43-,44+/m0/s1. The summed E-state index contributed by atoms with van der Waals surface area (Å²) in [4.78, 5) is 75.4. The first kappa shape index (κ1) is 56.5. The van der Waals surface area contributed by atoms with Crippen molar-refractivity contribution in [2.24, 2.45) is 23.7 Å². The summed E-state index contributed by atoms with van der Waals surface area (Å²) in [6.45, 7) is 17.3. The number of amides is 5. The van der Waals surface area contributed by atoms with Crippen LogP contribution in [0.5, 0.6) is 0 Å². The number of nitrogens with two attached hydrogens (primary N) is 1. The Morgan fingerprint density at radius 3 is 1.82 bits per heavy atom. The SMILES string of the molecule is CC[C@H](C)[C@@H]([C@@H](CC(=O)N(CC)[C@@H](CC)[C@H](OC)[C@@H](C)C(=O)N[C@@H](Cc1ccccc1)C(=O)NS(=O)(=O)Cc1ccc(N)cc1)OC)N(C)C(=O)[C@@H](NC(=O)[C@H](C(C)C)N(C)C)C(C)C. The average Bonchev–Trinajstić information content (AvgIpc) is 3.24. The van der Waals surface area contributed by atoms with E-state index in [9.17, 15) is 32.4 Å². The Morgan fingerprint density at radius 2 is 1.34 bits per heavy atom. The van der Waals surface area contributed by atoms with Crippen molar-refractivity contribution in [3.05, 3.63) is 65.7 Å². The molecule has 0 unspecified atom stereocenters. The molecule has 0 saturated heterocycles. The van der Waals surface area contributed by atoms with Crippen molar-refractivity contribution in [2.45, 2.75) is 136 Å². The van der Waals surface area contributed by atoms with Crippen LogP contribution in [0, 0.1) is 23.7 Å². The van der Waals surface area contributed by atoms with Gasteiger partial charge in [-0.1, -0.05) is 104 Å². The molecule has 0 aromatic heterocycles. The Bertz CT molecular complexity index is 1920. The largest absolute Gasteiger partial charge is 0.399 e. The smallest absolute Gasteiger partial charge is 0.256 e. The fourth-order valence-corrected chi connectivity index (χ4v) is 9.80. The number of hydrogen-bond acceptors (Lipinski definition) is 11. The highest BCUT2D eigenvalue weighted by atomic mass is 32.2. The van der Waals surface area contributed by atoms with Crippen LogP contribution in [0.15, 0.2) is 54.6 Å². The molecule has 0 saturated carbocycles. The minimum atomic E-state index is -4.17. The number of benzene rings is 2. The number of ether oxygens (including phenoxy) is 2. The Kier molecular flexibility index (Phi) is 23.1. The zero-order valence-corrected chi connectivity index (χ0v) is 42.1. The van der Waals surface area contributed by atoms with Gasteiger partial charge in [0.15, 0.2) is 0 Å². The third kappa shape index (κ3) is 16.4. The van der Waals surface area contributed by atoms with E-state index in [1.54, 1.807) is 78.4 Å². The maximum atomic E-state index is 14.5. The first-order valence-corrected chi connectivity index (χ1v) is 24.4. The maximum absolute atomic E-state index is 14.5. The number of carbonyl (C=O) groups is 5. The Hall–Kier alpha value is -4.58. The van der Waals surface area contributed by atoms with Crippen molar-refractivity contribution in [3.8, 4) is 0 Å². The molecule has 0 fully saturated rings. The molecule has 0 aliphatic rings. The van der Waals surface area contributed by atoms with Crippen LogP contribution in [0.2, 0.25) is 0 Å². The predicted octanol–water partition coefficient (Wildman–Crippen LogP) is 4.23. The number of nitrogens with one attached hydrogen (secondary N) is 3. The topological polar surface area (TPSA) is 210 Å². The van der Waals surface area contributed by atoms with Gasteiger partial charge < -0.3 is 35.6 Å². The molecule has 9 atom stereocenters. The van der Waals surface area contributed by atoms with Gasteiger partial charge in [0, 0.05) is 39.9 Å². The van der Waals surface area contributed by atoms with E-state index in [2.05, 4.69) is 15.4 Å². The van der Waals surface area contributed by atoms with E-state index in [4.69, 9.17) is 15.2 Å². The van der Waals surface area contributed by atoms with Gasteiger partial charge in [-0.25, -0.2) is 8.42 Å². The Balaban J connectivity index is 2.39. The number of anilines is 1. The normalized spacial score (nSPS) is 16.1. The lowest BCUT2D eigenvalue weighted by Gasteiger charge is -2.42. The fraction of sp³-hybridized carbons (Fsp3) is 0.646. The highest BCUT2D eigenvalue weighted by Gasteiger charge is 2.42. The highest BCUT2D eigenvalue weighted by molar-refractivity contribution is 7.89. The molecular formula is C48H79N7O9S. The molecule has 5 amide bonds. The van der Waals surface area contributed by atoms with E-state index in [1.807, 2.05) is 74.4 Å². The third-order valence-electron chi connectivity index (χ3n) is 12.3. The minimum Gasteiger partial charge on any atom is -0.399 e. The van der Waals surface area contributed by atoms with Crippen LogP contribution in [0.4, 0.5) is 5.69 Å². The number of carbonyl (C=O) groups excluding carboxylic acids is 5. The summed E-state index contributed by atoms with van der Waals surface area (Å²) in [5, 5.41) is 5.80. The molecule has 17 heteroatoms. The molecule has 2 aromatic rings. The first-order chi connectivity index (χ1) is 30.5. The number of hydrogen-bond donors (Lipinski definition) is 4. The van der Waals surface area contributed by atoms with Crippen molar-refractivity contribution >= 4 is 45.2 Å². The molecule has 5 N–H and O–H groups in total. The van der Waals surface area contributed by atoms with E-state index in [1.165, 1.54) is 14.2 Å². The molecule has 2 aromatic carbocycles. The molecule has 0 heterocycles. The summed E-state index contributed by atoms with van der Waals surface area (Å²) in [5.41, 5.74) is 7.33. The van der Waals surface area contributed by atoms with Gasteiger partial charge in [0.25, 0.3) is 5.91 Å². The number of methoxy groups -OCH3 is 2. The molecular weight excluding hydrogens is 851 g/mol. The Morgan fingerprint density at radius 1 is 0.738 bits per heavy atom. The molecule has 366 valence electrons. The quantitative estimate of drug-likeness (QED) is 0.0933. The second kappa shape index (κ2) is 26.5. The first-order valence-electron chi connectivity index (χ1n) is 22.8. The van der Waals surface area contributed by atoms with Crippen LogP contribution >= 0.6 is 0 Å². The molecule has 0 radical (unpaired) electrons. The van der Waals surface area contributed by atoms with Crippen molar-refractivity contribution in [3.63, 3.8) is 0 Å². The minimum absolute atomic E-state index is 0.00247. The van der Waals surface area contributed by atoms with Gasteiger partial charge in [0.2, 0.25) is 33.7 Å². The number of nitrogen functional groups attached to an aromatic ring is 1. The van der Waals surface area contributed by atoms with Crippen LogP contribution in [0.1, 0.15) is 92.7 Å². The lowest BCUT2D eigenvalue weighted by molar-refractivity contribution is -0.149. The summed E-state index contributed by atoms with van der Waals surface area (Å²) in [5.74, 6) is -4.00. The number of likely N-dealkylation sites (N-methyl/N-ethyl adjacent to an activating group) is 3. The second-order valence-corrected chi connectivity index (χ2v) is 19.8. The lowest BCUT2D eigenvalue weighted by Crippen LogP contribution is -2.60. The summed E-state index contributed by atoms with van der Waals surface area (Å²) in [7, 11) is 4.16. The van der Waals surface area contributed by atoms with Gasteiger partial charge in [-0.2, -0.15) is 0 Å². The summed E-state index contributed by atoms with van der Waals surface area (Å²) < 4.78 is 40.5. The molecule has 0 aliphatic heterocycles. The maximum Gasteiger partial charge on any atom is 0.256 e. The van der Waals surface area contributed by atoms with Gasteiger partial charge >= 0.3 is 0 Å². The summed E-state index contributed by atoms with van der Waals surface area (Å²) >= 11 is 0. The zero-order valence-electron chi connectivity index (χ0n) is 41.3. The van der Waals surface area contributed by atoms with E-state index in [0.29, 0.717) is 29.7 Å². The molecule has 0 bridgehead atoms. The number of sulfonamides is 1. The van der Waals surface area contributed by atoms with Crippen molar-refractivity contribution < 1.29 is 41.9 Å². The van der Waals surface area contributed by atoms with Gasteiger partial charge in [-0.05, 0) is 68.5 Å². The van der Waals surface area contributed by atoms with Crippen molar-refractivity contribution in [2.75, 3.05) is 47.6 Å². The lowest BCUT2D eigenvalue weighted by atomic mass is 9.89. The third-order valence-corrected chi connectivity index (χ3v) is 13.5. The molecule has 16 nitrogen and oxygen atoms in total. The summed E-state index contributed by atoms with van der Waals surface area (Å²) in [6, 6.07) is 11.5. The fourth-order valence-electron chi connectivity index (χ4n) is 8.65. The predicted molar refractivity (Wildman–Crippen MR) is 256 cm³/mol. The van der Waals surface area contributed by atoms with Crippen LogP contribution in [-0.4, -0.2) is 137 Å². The molecule has 0 aliphatic carbocycles. The van der Waals surface area contributed by atoms with Crippen molar-refractivity contribution in [1.82, 2.24) is 30.1 Å². The van der Waals surface area contributed by atoms with Crippen LogP contribution in [-0.2, 0) is 55.6 Å². The Labute approximate surface area is 389 Å². The van der Waals surface area contributed by atoms with E-state index < -0.39 is 75.9 Å². The van der Waals surface area contributed by atoms with Gasteiger partial charge in [0.05, 0.1) is 48.4 Å². The number of rotatable bonds is 27. The zero-order chi connectivity index (χ0) is 49.3. The van der Waals surface area contributed by atoms with Crippen LogP contribution < -0.4 is 21.1 Å². The van der Waals surface area contributed by atoms with E-state index in [0.717, 1.165) is 0 Å². The highest BCUT2D eigenvalue weighted by Crippen LogP contribution is 2.27. The van der Waals surface area contributed by atoms with Gasteiger partial charge in [0.1, 0.15) is 12.1 Å². The van der Waals surface area contributed by atoms with Gasteiger partial charge in [-0.15, -0.1) is 0 Å². The average molecular weight is 930 g/mol. The van der Waals surface area contributed by atoms with Crippen LogP contribution in [0.25, 0.3) is 0 Å². The monoisotopic (exact) mass is 930 g/mol. The number of nitrogens with zero attached hydrogens (tertiary/aromatic N) is 3. The molecule has 2 rings (SSSR count). The van der Waals surface area contributed by atoms with Crippen LogP contribution in [0.3, 0.4) is 0 Å². The molecule has 65 heavy (non-hydrogen) atoms. The van der Waals surface area contributed by atoms with Gasteiger partial charge in [-0.3, -0.25) is 33.6 Å². The van der Waals surface area contributed by atoms with Crippen molar-refractivity contribution in [1.29, 1.82) is 0 Å². The summed E-state index contributed by atoms with van der Waals surface area (Å²) in [6.07, 6.45) is -0.594. The second-order valence-electron chi connectivity index (χ2n) is 18.0. The van der Waals surface area contributed by atoms with E-state index in [-0.39, 0.29) is 54.9 Å². The molecule has 0 spiro atoms. The van der Waals surface area contributed by atoms with E-state index >= 15 is 0 Å².